The Morgan fingerprint density at radius 2 is 1.72 bits per heavy atom. The van der Waals surface area contributed by atoms with Gasteiger partial charge in [0.1, 0.15) is 16.3 Å². The number of alkyl halides is 3. The summed E-state index contributed by atoms with van der Waals surface area (Å²) in [6, 6.07) is 4.94. The minimum Gasteiger partial charge on any atom is -0.598 e. The van der Waals surface area contributed by atoms with E-state index in [0.29, 0.717) is 28.5 Å². The van der Waals surface area contributed by atoms with Crippen LogP contribution in [0.2, 0.25) is 0 Å². The van der Waals surface area contributed by atoms with Gasteiger partial charge in [0.05, 0.1) is 25.7 Å². The number of aryl methyl sites for hydroxylation is 1. The highest BCUT2D eigenvalue weighted by Crippen LogP contribution is 2.42. The van der Waals surface area contributed by atoms with Gasteiger partial charge in [-0.1, -0.05) is 6.07 Å². The number of carbonyl (C=O) groups excluding carboxylic acids is 1. The first-order valence-electron chi connectivity index (χ1n) is 11.1. The first-order chi connectivity index (χ1) is 16.5. The lowest BCUT2D eigenvalue weighted by Crippen LogP contribution is -2.53. The summed E-state index contributed by atoms with van der Waals surface area (Å²) in [4.78, 5) is 12.3. The molecule has 1 unspecified atom stereocenters. The molecule has 0 amide bonds. The van der Waals surface area contributed by atoms with E-state index >= 15 is 4.39 Å². The van der Waals surface area contributed by atoms with E-state index in [1.165, 1.54) is 34.8 Å². The van der Waals surface area contributed by atoms with Crippen LogP contribution in [0, 0.1) is 19.7 Å². The average molecular weight is 534 g/mol. The number of rotatable bonds is 8. The molecule has 0 spiro atoms. The molecule has 0 aliphatic heterocycles. The van der Waals surface area contributed by atoms with Crippen molar-refractivity contribution in [3.63, 3.8) is 0 Å². The first-order valence-corrected chi connectivity index (χ1v) is 12.2. The second kappa shape index (κ2) is 11.0. The fourth-order valence-electron chi connectivity index (χ4n) is 3.68. The van der Waals surface area contributed by atoms with Crippen LogP contribution in [-0.4, -0.2) is 34.1 Å². The van der Waals surface area contributed by atoms with Crippen molar-refractivity contribution in [1.82, 2.24) is 4.72 Å². The third kappa shape index (κ3) is 6.50. The van der Waals surface area contributed by atoms with Gasteiger partial charge in [-0.15, -0.1) is 4.72 Å². The number of carbonyl (C=O) groups is 1. The molecule has 0 bridgehead atoms. The maximum absolute atomic E-state index is 15.5. The molecule has 6 nitrogen and oxygen atoms in total. The Morgan fingerprint density at radius 1 is 1.14 bits per heavy atom. The molecule has 36 heavy (non-hydrogen) atoms. The second-order valence-electron chi connectivity index (χ2n) is 9.29. The molecule has 2 rings (SSSR count). The van der Waals surface area contributed by atoms with Crippen molar-refractivity contribution in [2.75, 3.05) is 13.7 Å². The highest BCUT2D eigenvalue weighted by atomic mass is 32.2. The molecule has 200 valence electrons. The molecule has 0 radical (unpaired) electrons. The van der Waals surface area contributed by atoms with Crippen LogP contribution < -0.4 is 9.46 Å². The van der Waals surface area contributed by atoms with Crippen molar-refractivity contribution < 1.29 is 41.5 Å². The number of esters is 1. The van der Waals surface area contributed by atoms with E-state index in [0.717, 1.165) is 6.07 Å². The Kier molecular flexibility index (Phi) is 9.10. The van der Waals surface area contributed by atoms with Crippen molar-refractivity contribution >= 4 is 17.3 Å². The smallest absolute Gasteiger partial charge is 0.419 e. The SMILES string of the molecule is CCOC(=O)CC(O)(N[S@+]([O-])C(C)(C)C)c1cc(-c2c(C)ccc(OC)c2C)cc(C(F)(F)F)c1F. The van der Waals surface area contributed by atoms with Crippen LogP contribution in [0.5, 0.6) is 5.75 Å². The van der Waals surface area contributed by atoms with Crippen LogP contribution in [0.3, 0.4) is 0 Å². The molecule has 2 atom stereocenters. The zero-order valence-corrected chi connectivity index (χ0v) is 22.0. The molecule has 0 aliphatic rings. The van der Waals surface area contributed by atoms with Crippen LogP contribution in [0.15, 0.2) is 24.3 Å². The topological polar surface area (TPSA) is 90.9 Å². The highest BCUT2D eigenvalue weighted by molar-refractivity contribution is 7.90. The molecule has 0 fully saturated rings. The minimum absolute atomic E-state index is 0.0711. The van der Waals surface area contributed by atoms with Gasteiger partial charge in [-0.2, -0.15) is 13.2 Å². The molecule has 11 heteroatoms. The highest BCUT2D eigenvalue weighted by Gasteiger charge is 2.46. The van der Waals surface area contributed by atoms with Crippen LogP contribution in [-0.2, 0) is 32.8 Å². The summed E-state index contributed by atoms with van der Waals surface area (Å²) in [6.45, 7) is 9.32. The van der Waals surface area contributed by atoms with Crippen molar-refractivity contribution in [3.05, 3.63) is 52.3 Å². The summed E-state index contributed by atoms with van der Waals surface area (Å²) in [6.07, 6.45) is -6.13. The molecular weight excluding hydrogens is 502 g/mol. The third-order valence-electron chi connectivity index (χ3n) is 5.48. The summed E-state index contributed by atoms with van der Waals surface area (Å²) < 4.78 is 81.7. The Morgan fingerprint density at radius 3 is 2.22 bits per heavy atom. The molecule has 2 N–H and O–H groups in total. The summed E-state index contributed by atoms with van der Waals surface area (Å²) in [5, 5.41) is 11.5. The van der Waals surface area contributed by atoms with Crippen LogP contribution in [0.1, 0.15) is 56.4 Å². The van der Waals surface area contributed by atoms with Gasteiger partial charge in [-0.05, 0) is 82.0 Å². The minimum atomic E-state index is -5.14. The van der Waals surface area contributed by atoms with E-state index in [2.05, 4.69) is 4.72 Å². The fraction of sp³-hybridized carbons (Fsp3) is 0.480. The standard InChI is InChI=1S/C25H31F4NO5S/c1-8-35-20(31)13-24(32,30-36(33)23(4,5)6)17-11-16(12-18(22(17)26)25(27,28)29)21-14(2)9-10-19(34-7)15(21)3/h9-12,30,32H,8,13H2,1-7H3/t24?,36-/m1/s1. The molecule has 0 aromatic heterocycles. The van der Waals surface area contributed by atoms with Gasteiger partial charge in [0.25, 0.3) is 0 Å². The summed E-state index contributed by atoms with van der Waals surface area (Å²) in [7, 11) is 1.41. The van der Waals surface area contributed by atoms with E-state index in [-0.39, 0.29) is 12.2 Å². The van der Waals surface area contributed by atoms with Gasteiger partial charge in [-0.25, -0.2) is 4.39 Å². The normalized spacial score (nSPS) is 14.8. The van der Waals surface area contributed by atoms with Gasteiger partial charge in [0.15, 0.2) is 5.72 Å². The van der Waals surface area contributed by atoms with Crippen molar-refractivity contribution in [2.45, 2.75) is 64.6 Å². The zero-order chi connectivity index (χ0) is 27.6. The second-order valence-corrected chi connectivity index (χ2v) is 11.3. The molecule has 0 saturated heterocycles. The van der Waals surface area contributed by atoms with Crippen LogP contribution >= 0.6 is 0 Å². The van der Waals surface area contributed by atoms with Gasteiger partial charge >= 0.3 is 12.1 Å². The van der Waals surface area contributed by atoms with Crippen molar-refractivity contribution in [2.24, 2.45) is 0 Å². The number of methoxy groups -OCH3 is 1. The summed E-state index contributed by atoms with van der Waals surface area (Å²) >= 11 is -2.10. The lowest BCUT2D eigenvalue weighted by atomic mass is 9.88. The molecule has 0 heterocycles. The van der Waals surface area contributed by atoms with Gasteiger partial charge in [0, 0.05) is 16.9 Å². The maximum atomic E-state index is 15.5. The van der Waals surface area contributed by atoms with Crippen LogP contribution in [0.25, 0.3) is 11.1 Å². The molecule has 0 aliphatic carbocycles. The quantitative estimate of drug-likeness (QED) is 0.208. The predicted molar refractivity (Wildman–Crippen MR) is 129 cm³/mol. The van der Waals surface area contributed by atoms with Crippen molar-refractivity contribution in [3.8, 4) is 16.9 Å². The number of halogens is 4. The Hall–Kier alpha value is -2.34. The lowest BCUT2D eigenvalue weighted by molar-refractivity contribution is -0.149. The zero-order valence-electron chi connectivity index (χ0n) is 21.2. The monoisotopic (exact) mass is 533 g/mol. The fourth-order valence-corrected chi connectivity index (χ4v) is 4.48. The Bertz CT molecular complexity index is 1120. The predicted octanol–water partition coefficient (Wildman–Crippen LogP) is 5.29. The largest absolute Gasteiger partial charge is 0.598 e. The number of aliphatic hydroxyl groups is 1. The van der Waals surface area contributed by atoms with E-state index < -0.39 is 57.3 Å². The van der Waals surface area contributed by atoms with Gasteiger partial charge < -0.3 is 19.1 Å². The van der Waals surface area contributed by atoms with Crippen molar-refractivity contribution in [1.29, 1.82) is 0 Å². The third-order valence-corrected chi connectivity index (χ3v) is 7.11. The molecule has 0 saturated carbocycles. The lowest BCUT2D eigenvalue weighted by Gasteiger charge is -2.34. The molecule has 2 aromatic carbocycles. The number of benzene rings is 2. The number of ether oxygens (including phenoxy) is 2. The molecular formula is C25H31F4NO5S. The average Bonchev–Trinajstić information content (AvgIpc) is 2.73. The Labute approximate surface area is 211 Å². The van der Waals surface area contributed by atoms with Gasteiger partial charge in [-0.3, -0.25) is 4.79 Å². The maximum Gasteiger partial charge on any atom is 0.419 e. The van der Waals surface area contributed by atoms with Gasteiger partial charge in [0.2, 0.25) is 0 Å². The van der Waals surface area contributed by atoms with E-state index in [4.69, 9.17) is 9.47 Å². The number of hydrogen-bond acceptors (Lipinski definition) is 6. The van der Waals surface area contributed by atoms with E-state index in [1.54, 1.807) is 26.0 Å². The number of hydrogen-bond donors (Lipinski definition) is 2. The number of nitrogens with one attached hydrogen (secondary N) is 1. The summed E-state index contributed by atoms with van der Waals surface area (Å²) in [5.41, 5.74) is -4.01. The Balaban J connectivity index is 2.92. The molecule has 2 aromatic rings. The van der Waals surface area contributed by atoms with E-state index in [1.807, 2.05) is 0 Å². The van der Waals surface area contributed by atoms with E-state index in [9.17, 15) is 27.6 Å². The van der Waals surface area contributed by atoms with Crippen LogP contribution in [0.4, 0.5) is 17.6 Å². The first kappa shape index (κ1) is 29.9. The summed E-state index contributed by atoms with van der Waals surface area (Å²) in [5.74, 6) is -2.43.